The van der Waals surface area contributed by atoms with Crippen molar-refractivity contribution >= 4 is 11.7 Å². The maximum atomic E-state index is 13.3. The quantitative estimate of drug-likeness (QED) is 0.897. The van der Waals surface area contributed by atoms with Crippen LogP contribution in [-0.4, -0.2) is 24.2 Å². The molecule has 4 heteroatoms. The van der Waals surface area contributed by atoms with Gasteiger partial charge in [0.25, 0.3) is 0 Å². The number of piperidine rings is 1. The second-order valence-electron chi connectivity index (χ2n) is 4.81. The van der Waals surface area contributed by atoms with Gasteiger partial charge in [0.15, 0.2) is 0 Å². The molecule has 1 unspecified atom stereocenters. The molecule has 1 aliphatic rings. The van der Waals surface area contributed by atoms with Gasteiger partial charge in [0.1, 0.15) is 5.82 Å². The highest BCUT2D eigenvalue weighted by atomic mass is 19.1. The normalized spacial score (nSPS) is 17.6. The molecule has 1 aromatic rings. The lowest BCUT2D eigenvalue weighted by Gasteiger charge is -2.31. The summed E-state index contributed by atoms with van der Waals surface area (Å²) >= 11 is 0. The molecule has 0 aromatic heterocycles. The van der Waals surface area contributed by atoms with E-state index in [9.17, 15) is 9.18 Å². The number of rotatable bonds is 3. The van der Waals surface area contributed by atoms with Crippen molar-refractivity contribution in [2.45, 2.75) is 32.1 Å². The molecule has 0 amide bonds. The standard InChI is InChI=1S/C14H18FNO2/c1-10(14(17)18)12-9-11(15)5-6-13(12)16-7-3-2-4-8-16/h5-6,9-10H,2-4,7-8H2,1H3,(H,17,18). The van der Waals surface area contributed by atoms with E-state index in [2.05, 4.69) is 4.90 Å². The van der Waals surface area contributed by atoms with Gasteiger partial charge in [-0.05, 0) is 49.9 Å². The summed E-state index contributed by atoms with van der Waals surface area (Å²) in [5.41, 5.74) is 1.44. The molecule has 2 rings (SSSR count). The van der Waals surface area contributed by atoms with Crippen molar-refractivity contribution < 1.29 is 14.3 Å². The van der Waals surface area contributed by atoms with Crippen LogP contribution in [0.2, 0.25) is 0 Å². The number of hydrogen-bond donors (Lipinski definition) is 1. The smallest absolute Gasteiger partial charge is 0.310 e. The molecule has 0 radical (unpaired) electrons. The summed E-state index contributed by atoms with van der Waals surface area (Å²) in [5.74, 6) is -1.98. The summed E-state index contributed by atoms with van der Waals surface area (Å²) in [6, 6.07) is 4.46. The SMILES string of the molecule is CC(C(=O)O)c1cc(F)ccc1N1CCCCC1. The molecule has 1 atom stereocenters. The van der Waals surface area contributed by atoms with Crippen LogP contribution in [-0.2, 0) is 4.79 Å². The van der Waals surface area contributed by atoms with Crippen LogP contribution >= 0.6 is 0 Å². The number of aliphatic carboxylic acids is 1. The molecule has 1 fully saturated rings. The molecule has 18 heavy (non-hydrogen) atoms. The minimum Gasteiger partial charge on any atom is -0.481 e. The topological polar surface area (TPSA) is 40.5 Å². The van der Waals surface area contributed by atoms with Crippen molar-refractivity contribution in [1.29, 1.82) is 0 Å². The average molecular weight is 251 g/mol. The van der Waals surface area contributed by atoms with Gasteiger partial charge in [0.2, 0.25) is 0 Å². The van der Waals surface area contributed by atoms with Crippen LogP contribution in [0, 0.1) is 5.82 Å². The fourth-order valence-corrected chi connectivity index (χ4v) is 2.43. The second-order valence-corrected chi connectivity index (χ2v) is 4.81. The molecular weight excluding hydrogens is 233 g/mol. The van der Waals surface area contributed by atoms with Gasteiger partial charge in [-0.15, -0.1) is 0 Å². The summed E-state index contributed by atoms with van der Waals surface area (Å²) in [7, 11) is 0. The molecule has 0 aliphatic carbocycles. The second kappa shape index (κ2) is 5.38. The minimum absolute atomic E-state index is 0.376. The summed E-state index contributed by atoms with van der Waals surface area (Å²) < 4.78 is 13.3. The molecule has 1 aliphatic heterocycles. The van der Waals surface area contributed by atoms with Crippen LogP contribution in [0.4, 0.5) is 10.1 Å². The van der Waals surface area contributed by atoms with Gasteiger partial charge in [0, 0.05) is 18.8 Å². The minimum atomic E-state index is -0.918. The lowest BCUT2D eigenvalue weighted by Crippen LogP contribution is -2.31. The molecule has 3 nitrogen and oxygen atoms in total. The van der Waals surface area contributed by atoms with E-state index < -0.39 is 11.9 Å². The molecule has 0 bridgehead atoms. The van der Waals surface area contributed by atoms with E-state index >= 15 is 0 Å². The Labute approximate surface area is 106 Å². The van der Waals surface area contributed by atoms with E-state index in [1.165, 1.54) is 18.6 Å². The number of benzene rings is 1. The Morgan fingerprint density at radius 3 is 2.61 bits per heavy atom. The van der Waals surface area contributed by atoms with E-state index in [4.69, 9.17) is 5.11 Å². The van der Waals surface area contributed by atoms with Crippen molar-refractivity contribution in [3.63, 3.8) is 0 Å². The molecule has 0 spiro atoms. The van der Waals surface area contributed by atoms with E-state index in [0.29, 0.717) is 5.56 Å². The van der Waals surface area contributed by atoms with Crippen molar-refractivity contribution in [2.24, 2.45) is 0 Å². The average Bonchev–Trinajstić information content (AvgIpc) is 2.38. The monoisotopic (exact) mass is 251 g/mol. The van der Waals surface area contributed by atoms with Gasteiger partial charge in [-0.2, -0.15) is 0 Å². The van der Waals surface area contributed by atoms with Crippen molar-refractivity contribution in [2.75, 3.05) is 18.0 Å². The first-order chi connectivity index (χ1) is 8.59. The maximum Gasteiger partial charge on any atom is 0.310 e. The van der Waals surface area contributed by atoms with Gasteiger partial charge in [-0.25, -0.2) is 4.39 Å². The van der Waals surface area contributed by atoms with E-state index in [1.54, 1.807) is 13.0 Å². The Hall–Kier alpha value is -1.58. The molecule has 98 valence electrons. The number of nitrogens with zero attached hydrogens (tertiary/aromatic N) is 1. The van der Waals surface area contributed by atoms with Gasteiger partial charge in [-0.3, -0.25) is 4.79 Å². The van der Waals surface area contributed by atoms with Gasteiger partial charge in [-0.1, -0.05) is 0 Å². The highest BCUT2D eigenvalue weighted by Gasteiger charge is 2.22. The number of hydrogen-bond acceptors (Lipinski definition) is 2. The number of halogens is 1. The lowest BCUT2D eigenvalue weighted by atomic mass is 9.97. The van der Waals surface area contributed by atoms with Crippen molar-refractivity contribution in [3.05, 3.63) is 29.6 Å². The maximum absolute atomic E-state index is 13.3. The van der Waals surface area contributed by atoms with E-state index in [1.807, 2.05) is 0 Å². The molecule has 1 saturated heterocycles. The van der Waals surface area contributed by atoms with Crippen molar-refractivity contribution in [3.8, 4) is 0 Å². The Bertz CT molecular complexity index is 441. The molecule has 1 heterocycles. The van der Waals surface area contributed by atoms with Crippen LogP contribution in [0.25, 0.3) is 0 Å². The zero-order valence-corrected chi connectivity index (χ0v) is 10.5. The predicted molar refractivity (Wildman–Crippen MR) is 68.5 cm³/mol. The van der Waals surface area contributed by atoms with Crippen LogP contribution in [0.15, 0.2) is 18.2 Å². The van der Waals surface area contributed by atoms with Gasteiger partial charge < -0.3 is 10.0 Å². The first-order valence-electron chi connectivity index (χ1n) is 6.37. The fourth-order valence-electron chi connectivity index (χ4n) is 2.43. The van der Waals surface area contributed by atoms with Crippen LogP contribution in [0.3, 0.4) is 0 Å². The Morgan fingerprint density at radius 1 is 1.33 bits per heavy atom. The zero-order chi connectivity index (χ0) is 13.1. The van der Waals surface area contributed by atoms with Crippen LogP contribution < -0.4 is 4.90 Å². The van der Waals surface area contributed by atoms with E-state index in [0.717, 1.165) is 31.6 Å². The zero-order valence-electron chi connectivity index (χ0n) is 10.5. The van der Waals surface area contributed by atoms with Crippen LogP contribution in [0.5, 0.6) is 0 Å². The van der Waals surface area contributed by atoms with E-state index in [-0.39, 0.29) is 5.82 Å². The summed E-state index contributed by atoms with van der Waals surface area (Å²) in [6.45, 7) is 3.44. The fraction of sp³-hybridized carbons (Fsp3) is 0.500. The Kier molecular flexibility index (Phi) is 3.84. The first kappa shape index (κ1) is 12.9. The third-order valence-corrected chi connectivity index (χ3v) is 3.52. The Morgan fingerprint density at radius 2 is 2.00 bits per heavy atom. The lowest BCUT2D eigenvalue weighted by molar-refractivity contribution is -0.138. The molecule has 1 aromatic carbocycles. The highest BCUT2D eigenvalue weighted by Crippen LogP contribution is 2.30. The molecule has 0 saturated carbocycles. The number of carboxylic acid groups (broad SMARTS) is 1. The molecule has 1 N–H and O–H groups in total. The largest absolute Gasteiger partial charge is 0.481 e. The van der Waals surface area contributed by atoms with Crippen molar-refractivity contribution in [1.82, 2.24) is 0 Å². The highest BCUT2D eigenvalue weighted by molar-refractivity contribution is 5.78. The first-order valence-corrected chi connectivity index (χ1v) is 6.37. The summed E-state index contributed by atoms with van der Waals surface area (Å²) in [6.07, 6.45) is 3.43. The predicted octanol–water partition coefficient (Wildman–Crippen LogP) is 3.00. The van der Waals surface area contributed by atoms with Gasteiger partial charge in [0.05, 0.1) is 5.92 Å². The summed E-state index contributed by atoms with van der Waals surface area (Å²) in [4.78, 5) is 13.3. The summed E-state index contributed by atoms with van der Waals surface area (Å²) in [5, 5.41) is 9.11. The third kappa shape index (κ3) is 2.63. The van der Waals surface area contributed by atoms with Crippen LogP contribution in [0.1, 0.15) is 37.7 Å². The van der Waals surface area contributed by atoms with Gasteiger partial charge >= 0.3 is 5.97 Å². The molecular formula is C14H18FNO2. The number of carboxylic acids is 1. The Balaban J connectivity index is 2.36. The number of anilines is 1. The number of carbonyl (C=O) groups is 1. The third-order valence-electron chi connectivity index (χ3n) is 3.52.